The van der Waals surface area contributed by atoms with Gasteiger partial charge < -0.3 is 19.5 Å². The first kappa shape index (κ1) is 29.3. The van der Waals surface area contributed by atoms with Crippen LogP contribution in [0.3, 0.4) is 0 Å². The fourth-order valence-electron chi connectivity index (χ4n) is 4.80. The number of rotatable bonds is 6. The van der Waals surface area contributed by atoms with Crippen LogP contribution >= 0.6 is 0 Å². The topological polar surface area (TPSA) is 124 Å². The van der Waals surface area contributed by atoms with Gasteiger partial charge in [-0.2, -0.15) is 9.97 Å². The average molecular weight is 597 g/mol. The zero-order valence-electron chi connectivity index (χ0n) is 25.5. The van der Waals surface area contributed by atoms with Crippen molar-refractivity contribution in [2.45, 2.75) is 20.3 Å². The summed E-state index contributed by atoms with van der Waals surface area (Å²) in [7, 11) is 3.92. The molecule has 224 valence electrons. The van der Waals surface area contributed by atoms with Gasteiger partial charge in [0.2, 0.25) is 11.8 Å². The molecule has 4 heterocycles. The number of oxazole rings is 2. The largest absolute Gasteiger partial charge is 0.434 e. The number of nitrogens with zero attached hydrogens (tertiary/aromatic N) is 5. The van der Waals surface area contributed by atoms with E-state index in [0.29, 0.717) is 51.9 Å². The monoisotopic (exact) mass is 596 g/mol. The number of hydrogen-bond acceptors (Lipinski definition) is 9. The van der Waals surface area contributed by atoms with Crippen molar-refractivity contribution in [1.82, 2.24) is 19.9 Å². The number of Topliss-reactive ketones (excluding diaryl/α,β-unsaturated/α-hetero) is 1. The molecule has 9 nitrogen and oxygen atoms in total. The fourth-order valence-corrected chi connectivity index (χ4v) is 4.80. The van der Waals surface area contributed by atoms with E-state index in [1.807, 2.05) is 130 Å². The minimum Gasteiger partial charge on any atom is -0.434 e. The van der Waals surface area contributed by atoms with E-state index in [-0.39, 0.29) is 5.78 Å². The molecular weight excluding hydrogens is 564 g/mol. The highest BCUT2D eigenvalue weighted by Gasteiger charge is 2.13. The Balaban J connectivity index is 0.000000179. The number of aromatic nitrogens is 4. The number of ketones is 1. The zero-order valence-corrected chi connectivity index (χ0v) is 25.5. The van der Waals surface area contributed by atoms with Crippen LogP contribution in [0.4, 0.5) is 11.4 Å². The first-order valence-electron chi connectivity index (χ1n) is 14.5. The lowest BCUT2D eigenvalue weighted by Crippen LogP contribution is -2.10. The maximum atomic E-state index is 12.7. The van der Waals surface area contributed by atoms with Crippen LogP contribution < -0.4 is 10.6 Å². The number of carbonyl (C=O) groups is 1. The number of nitrogen functional groups attached to an aromatic ring is 1. The summed E-state index contributed by atoms with van der Waals surface area (Å²) < 4.78 is 11.5. The Morgan fingerprint density at radius 3 is 1.87 bits per heavy atom. The number of pyridine rings is 2. The van der Waals surface area contributed by atoms with Crippen LogP contribution in [-0.4, -0.2) is 39.8 Å². The Hall–Kier alpha value is -5.83. The van der Waals surface area contributed by atoms with Crippen LogP contribution in [0.15, 0.2) is 106 Å². The average Bonchev–Trinajstić information content (AvgIpc) is 3.65. The highest BCUT2D eigenvalue weighted by Crippen LogP contribution is 2.26. The molecule has 0 atom stereocenters. The summed E-state index contributed by atoms with van der Waals surface area (Å²) in [6.07, 6.45) is 0.322. The fraction of sp³-hybridized carbons (Fsp3) is 0.139. The maximum Gasteiger partial charge on any atom is 0.228 e. The van der Waals surface area contributed by atoms with E-state index in [1.54, 1.807) is 0 Å². The molecule has 2 N–H and O–H groups in total. The normalized spacial score (nSPS) is 10.9. The third-order valence-corrected chi connectivity index (χ3v) is 7.14. The summed E-state index contributed by atoms with van der Waals surface area (Å²) >= 11 is 0. The van der Waals surface area contributed by atoms with Crippen molar-refractivity contribution in [2.75, 3.05) is 24.7 Å². The van der Waals surface area contributed by atoms with Crippen molar-refractivity contribution >= 4 is 39.6 Å². The lowest BCUT2D eigenvalue weighted by molar-refractivity contribution is 0.0993. The summed E-state index contributed by atoms with van der Waals surface area (Å²) in [5.41, 5.74) is 15.1. The quantitative estimate of drug-likeness (QED) is 0.154. The number of hydrogen-bond donors (Lipinski definition) is 1. The lowest BCUT2D eigenvalue weighted by atomic mass is 10.0. The number of anilines is 2. The molecule has 7 rings (SSSR count). The highest BCUT2D eigenvalue weighted by atomic mass is 16.4. The second-order valence-electron chi connectivity index (χ2n) is 11.0. The van der Waals surface area contributed by atoms with Gasteiger partial charge in [0, 0.05) is 60.0 Å². The van der Waals surface area contributed by atoms with Gasteiger partial charge in [-0.15, -0.1) is 0 Å². The van der Waals surface area contributed by atoms with Gasteiger partial charge in [-0.05, 0) is 86.1 Å². The predicted octanol–water partition coefficient (Wildman–Crippen LogP) is 7.47. The molecule has 7 aromatic rings. The lowest BCUT2D eigenvalue weighted by Gasteiger charge is -2.13. The van der Waals surface area contributed by atoms with Crippen molar-refractivity contribution in [3.63, 3.8) is 0 Å². The first-order chi connectivity index (χ1) is 21.7. The molecule has 0 amide bonds. The van der Waals surface area contributed by atoms with Gasteiger partial charge >= 0.3 is 0 Å². The first-order valence-corrected chi connectivity index (χ1v) is 14.5. The molecule has 0 unspecified atom stereocenters. The molecule has 9 heteroatoms. The van der Waals surface area contributed by atoms with Gasteiger partial charge in [-0.1, -0.05) is 30.3 Å². The van der Waals surface area contributed by atoms with Crippen LogP contribution in [0.1, 0.15) is 27.3 Å². The Labute approximate surface area is 260 Å². The van der Waals surface area contributed by atoms with Gasteiger partial charge in [0.25, 0.3) is 0 Å². The Kier molecular flexibility index (Phi) is 8.07. The number of aryl methyl sites for hydroxylation is 2. The summed E-state index contributed by atoms with van der Waals surface area (Å²) in [6.45, 7) is 3.85. The minimum atomic E-state index is 0.0794. The van der Waals surface area contributed by atoms with E-state index >= 15 is 0 Å². The van der Waals surface area contributed by atoms with E-state index in [2.05, 4.69) is 19.9 Å². The van der Waals surface area contributed by atoms with Crippen molar-refractivity contribution in [1.29, 1.82) is 0 Å². The van der Waals surface area contributed by atoms with Crippen molar-refractivity contribution in [3.05, 3.63) is 120 Å². The number of nitrogens with two attached hydrogens (primary N) is 1. The van der Waals surface area contributed by atoms with Crippen LogP contribution in [0.2, 0.25) is 0 Å². The molecule has 0 saturated carbocycles. The predicted molar refractivity (Wildman–Crippen MR) is 177 cm³/mol. The van der Waals surface area contributed by atoms with Crippen LogP contribution in [-0.2, 0) is 6.42 Å². The smallest absolute Gasteiger partial charge is 0.228 e. The van der Waals surface area contributed by atoms with Crippen molar-refractivity contribution in [2.24, 2.45) is 0 Å². The molecule has 0 saturated heterocycles. The van der Waals surface area contributed by atoms with Gasteiger partial charge in [-0.25, -0.2) is 9.97 Å². The SMILES string of the molecule is Cc1ccc2oc(-c3cccc(CC(=O)c4cccc(N(C)C)c4)c3)nc2n1.Cc1ccc2oc(-c3cccc(N)c3)nc2n1. The Bertz CT molecular complexity index is 2150. The number of fused-ring (bicyclic) bond motifs is 2. The molecular formula is C36H32N6O3. The van der Waals surface area contributed by atoms with Gasteiger partial charge in [-0.3, -0.25) is 4.79 Å². The third-order valence-electron chi connectivity index (χ3n) is 7.14. The second kappa shape index (κ2) is 12.4. The van der Waals surface area contributed by atoms with Gasteiger partial charge in [0.1, 0.15) is 0 Å². The number of carbonyl (C=O) groups excluding carboxylic acids is 1. The molecule has 0 aliphatic rings. The maximum absolute atomic E-state index is 12.7. The van der Waals surface area contributed by atoms with E-state index in [9.17, 15) is 4.79 Å². The standard InChI is InChI=1S/C23H21N3O2.C13H11N3O/c1-15-10-11-21-22(24-15)25-23(28-21)18-8-4-6-16(12-18)13-20(27)17-7-5-9-19(14-17)26(2)3;1-8-5-6-11-12(15-8)16-13(17-11)9-3-2-4-10(14)7-9/h4-12,14H,13H2,1-3H3;2-7H,14H2,1H3. The van der Waals surface area contributed by atoms with E-state index in [0.717, 1.165) is 33.8 Å². The molecule has 0 radical (unpaired) electrons. The highest BCUT2D eigenvalue weighted by molar-refractivity contribution is 5.98. The molecule has 4 aromatic heterocycles. The Morgan fingerprint density at radius 1 is 0.689 bits per heavy atom. The molecule has 0 fully saturated rings. The van der Waals surface area contributed by atoms with E-state index in [1.165, 1.54) is 0 Å². The van der Waals surface area contributed by atoms with Crippen LogP contribution in [0.5, 0.6) is 0 Å². The van der Waals surface area contributed by atoms with Crippen molar-refractivity contribution in [3.8, 4) is 22.9 Å². The van der Waals surface area contributed by atoms with Gasteiger partial charge in [0.15, 0.2) is 28.2 Å². The summed E-state index contributed by atoms with van der Waals surface area (Å²) in [6, 6.07) is 30.4. The summed E-state index contributed by atoms with van der Waals surface area (Å²) in [4.78, 5) is 32.3. The Morgan fingerprint density at radius 2 is 1.27 bits per heavy atom. The molecule has 0 bridgehead atoms. The van der Waals surface area contributed by atoms with E-state index in [4.69, 9.17) is 14.6 Å². The van der Waals surface area contributed by atoms with Gasteiger partial charge in [0.05, 0.1) is 0 Å². The summed E-state index contributed by atoms with van der Waals surface area (Å²) in [5, 5.41) is 0. The molecule has 0 aliphatic heterocycles. The molecule has 3 aromatic carbocycles. The molecule has 0 spiro atoms. The van der Waals surface area contributed by atoms with Crippen LogP contribution in [0, 0.1) is 13.8 Å². The molecule has 0 aliphatic carbocycles. The van der Waals surface area contributed by atoms with E-state index < -0.39 is 0 Å². The second-order valence-corrected chi connectivity index (χ2v) is 11.0. The van der Waals surface area contributed by atoms with Crippen molar-refractivity contribution < 1.29 is 13.6 Å². The van der Waals surface area contributed by atoms with Crippen LogP contribution in [0.25, 0.3) is 45.4 Å². The zero-order chi connectivity index (χ0) is 31.5. The number of benzene rings is 3. The third kappa shape index (κ3) is 6.73. The summed E-state index contributed by atoms with van der Waals surface area (Å²) in [5.74, 6) is 1.14. The molecule has 45 heavy (non-hydrogen) atoms. The minimum absolute atomic E-state index is 0.0794.